The van der Waals surface area contributed by atoms with E-state index in [-0.39, 0.29) is 5.41 Å². The molecule has 0 fully saturated rings. The molecule has 0 spiro atoms. The molecule has 11 aromatic rings. The van der Waals surface area contributed by atoms with Crippen molar-refractivity contribution in [3.05, 3.63) is 199 Å². The smallest absolute Gasteiger partial charge is 0.143 e. The summed E-state index contributed by atoms with van der Waals surface area (Å²) in [6.07, 6.45) is 0. The highest BCUT2D eigenvalue weighted by Crippen LogP contribution is 2.52. The summed E-state index contributed by atoms with van der Waals surface area (Å²) in [5.41, 5.74) is 15.2. The van der Waals surface area contributed by atoms with Gasteiger partial charge in [-0.25, -0.2) is 0 Å². The number of hydrogen-bond donors (Lipinski definition) is 0. The van der Waals surface area contributed by atoms with Gasteiger partial charge in [0.2, 0.25) is 0 Å². The minimum absolute atomic E-state index is 0.128. The van der Waals surface area contributed by atoms with E-state index in [1.54, 1.807) is 0 Å². The summed E-state index contributed by atoms with van der Waals surface area (Å²) < 4.78 is 9.19. The van der Waals surface area contributed by atoms with E-state index in [4.69, 9.17) is 4.42 Å². The maximum atomic E-state index is 6.54. The summed E-state index contributed by atoms with van der Waals surface area (Å²) in [4.78, 5) is 2.45. The third-order valence-corrected chi connectivity index (χ3v) is 13.7. The Labute approximate surface area is 340 Å². The maximum Gasteiger partial charge on any atom is 0.143 e. The van der Waals surface area contributed by atoms with Crippen LogP contribution in [0.5, 0.6) is 0 Å². The molecule has 0 bridgehead atoms. The Balaban J connectivity index is 1.04. The predicted octanol–water partition coefficient (Wildman–Crippen LogP) is 16.2. The highest BCUT2D eigenvalue weighted by Gasteiger charge is 2.36. The second-order valence-electron chi connectivity index (χ2n) is 16.1. The average molecular weight is 760 g/mol. The van der Waals surface area contributed by atoms with Crippen molar-refractivity contribution < 1.29 is 4.42 Å². The first-order valence-electron chi connectivity index (χ1n) is 20.0. The van der Waals surface area contributed by atoms with Crippen LogP contribution in [-0.4, -0.2) is 0 Å². The molecule has 2 aromatic heterocycles. The first-order valence-corrected chi connectivity index (χ1v) is 20.8. The fourth-order valence-corrected chi connectivity index (χ4v) is 10.8. The van der Waals surface area contributed by atoms with Gasteiger partial charge in [0.1, 0.15) is 11.2 Å². The second kappa shape index (κ2) is 12.5. The number of nitrogens with zero attached hydrogens (tertiary/aromatic N) is 1. The third-order valence-electron chi connectivity index (χ3n) is 12.5. The number of rotatable bonds is 5. The van der Waals surface area contributed by atoms with Crippen LogP contribution in [-0.2, 0) is 5.41 Å². The quantitative estimate of drug-likeness (QED) is 0.174. The lowest BCUT2D eigenvalue weighted by Crippen LogP contribution is -2.16. The van der Waals surface area contributed by atoms with Gasteiger partial charge in [0.25, 0.3) is 0 Å². The zero-order chi connectivity index (χ0) is 38.5. The van der Waals surface area contributed by atoms with E-state index in [2.05, 4.69) is 207 Å². The fraction of sp³-hybridized carbons (Fsp3) is 0.0545. The predicted molar refractivity (Wildman–Crippen MR) is 247 cm³/mol. The van der Waals surface area contributed by atoms with Crippen LogP contribution in [0.1, 0.15) is 25.0 Å². The summed E-state index contributed by atoms with van der Waals surface area (Å²) in [6, 6.07) is 68.9. The Bertz CT molecular complexity index is 3440. The van der Waals surface area contributed by atoms with Crippen molar-refractivity contribution in [2.24, 2.45) is 0 Å². The van der Waals surface area contributed by atoms with E-state index in [9.17, 15) is 0 Å². The molecule has 2 heterocycles. The van der Waals surface area contributed by atoms with Crippen molar-refractivity contribution in [1.82, 2.24) is 0 Å². The van der Waals surface area contributed by atoms with E-state index < -0.39 is 0 Å². The SMILES string of the molecule is CC1(C)c2ccccc2-c2ccc(N(c3ccc(-c4cccc5c4sc4ccccc45)cc3)c3ccccc3-c3ccc4oc5c6ccccc6ccc5c4c3)cc21. The molecular formula is C55H37NOS. The Hall–Kier alpha value is -6.94. The van der Waals surface area contributed by atoms with E-state index in [1.807, 2.05) is 11.3 Å². The van der Waals surface area contributed by atoms with E-state index in [1.165, 1.54) is 58.9 Å². The number of benzene rings is 9. The first-order chi connectivity index (χ1) is 28.5. The van der Waals surface area contributed by atoms with Gasteiger partial charge in [-0.15, -0.1) is 11.3 Å². The number of anilines is 3. The molecule has 9 aromatic carbocycles. The van der Waals surface area contributed by atoms with Crippen molar-refractivity contribution in [2.45, 2.75) is 19.3 Å². The molecule has 12 rings (SSSR count). The lowest BCUT2D eigenvalue weighted by molar-refractivity contribution is 0.660. The van der Waals surface area contributed by atoms with Crippen molar-refractivity contribution in [3.63, 3.8) is 0 Å². The molecule has 2 nitrogen and oxygen atoms in total. The van der Waals surface area contributed by atoms with Gasteiger partial charge in [-0.05, 0) is 98.9 Å². The number of furan rings is 1. The van der Waals surface area contributed by atoms with E-state index >= 15 is 0 Å². The van der Waals surface area contributed by atoms with Crippen LogP contribution < -0.4 is 4.90 Å². The Morgan fingerprint density at radius 3 is 2.03 bits per heavy atom. The average Bonchev–Trinajstić information content (AvgIpc) is 3.92. The molecule has 0 amide bonds. The monoisotopic (exact) mass is 759 g/mol. The Morgan fingerprint density at radius 1 is 0.448 bits per heavy atom. The van der Waals surface area contributed by atoms with E-state index in [0.29, 0.717) is 0 Å². The van der Waals surface area contributed by atoms with Crippen LogP contribution in [0.3, 0.4) is 0 Å². The highest BCUT2D eigenvalue weighted by molar-refractivity contribution is 7.26. The van der Waals surface area contributed by atoms with Gasteiger partial charge >= 0.3 is 0 Å². The maximum absolute atomic E-state index is 6.54. The van der Waals surface area contributed by atoms with Gasteiger partial charge in [-0.1, -0.05) is 147 Å². The van der Waals surface area contributed by atoms with Gasteiger partial charge in [-0.2, -0.15) is 0 Å². The zero-order valence-electron chi connectivity index (χ0n) is 32.2. The molecule has 0 saturated heterocycles. The van der Waals surface area contributed by atoms with Crippen molar-refractivity contribution >= 4 is 81.3 Å². The molecule has 0 saturated carbocycles. The number of para-hydroxylation sites is 1. The Morgan fingerprint density at radius 2 is 1.14 bits per heavy atom. The van der Waals surface area contributed by atoms with Crippen LogP contribution in [0.4, 0.5) is 17.1 Å². The standard InChI is InChI=1S/C55H37NOS/c1-55(2)48-19-8-5-15-42(48)43-30-28-38(33-49(43)55)56(37-26-22-35(23-27-37)41-17-11-18-46-44-16-7-10-21-52(44)58-54(41)46)50-20-9-6-13-39(50)36-25-31-51-47(32-36)45-29-24-34-12-3-4-14-40(34)53(45)57-51/h3-33H,1-2H3. The van der Waals surface area contributed by atoms with Crippen molar-refractivity contribution in [2.75, 3.05) is 4.90 Å². The molecule has 0 aliphatic heterocycles. The van der Waals surface area contributed by atoms with Crippen molar-refractivity contribution in [1.29, 1.82) is 0 Å². The van der Waals surface area contributed by atoms with Crippen LogP contribution in [0.25, 0.3) is 86.3 Å². The second-order valence-corrected chi connectivity index (χ2v) is 17.1. The molecule has 1 aliphatic rings. The molecule has 1 aliphatic carbocycles. The molecule has 0 radical (unpaired) electrons. The lowest BCUT2D eigenvalue weighted by Gasteiger charge is -2.30. The minimum Gasteiger partial charge on any atom is -0.455 e. The minimum atomic E-state index is -0.128. The summed E-state index contributed by atoms with van der Waals surface area (Å²) in [5, 5.41) is 7.21. The Kier molecular flexibility index (Phi) is 7.18. The first kappa shape index (κ1) is 33.2. The summed E-state index contributed by atoms with van der Waals surface area (Å²) in [7, 11) is 0. The van der Waals surface area contributed by atoms with Crippen LogP contribution >= 0.6 is 11.3 Å². The molecule has 3 heteroatoms. The number of hydrogen-bond acceptors (Lipinski definition) is 3. The van der Waals surface area contributed by atoms with Gasteiger partial charge in [0.15, 0.2) is 0 Å². The summed E-state index contributed by atoms with van der Waals surface area (Å²) >= 11 is 1.88. The van der Waals surface area contributed by atoms with Gasteiger partial charge in [0, 0.05) is 58.7 Å². The van der Waals surface area contributed by atoms with Gasteiger partial charge < -0.3 is 9.32 Å². The topological polar surface area (TPSA) is 16.4 Å². The molecule has 58 heavy (non-hydrogen) atoms. The van der Waals surface area contributed by atoms with Gasteiger partial charge in [-0.3, -0.25) is 0 Å². The largest absolute Gasteiger partial charge is 0.455 e. The molecule has 0 atom stereocenters. The van der Waals surface area contributed by atoms with Gasteiger partial charge in [0.05, 0.1) is 5.69 Å². The normalized spacial score (nSPS) is 13.1. The lowest BCUT2D eigenvalue weighted by atomic mass is 9.82. The van der Waals surface area contributed by atoms with Crippen LogP contribution in [0.15, 0.2) is 192 Å². The molecular weight excluding hydrogens is 723 g/mol. The van der Waals surface area contributed by atoms with E-state index in [0.717, 1.165) is 55.5 Å². The number of fused-ring (bicyclic) bond motifs is 11. The summed E-state index contributed by atoms with van der Waals surface area (Å²) in [5.74, 6) is 0. The third kappa shape index (κ3) is 4.90. The van der Waals surface area contributed by atoms with Crippen LogP contribution in [0.2, 0.25) is 0 Å². The molecule has 0 N–H and O–H groups in total. The highest BCUT2D eigenvalue weighted by atomic mass is 32.1. The molecule has 0 unspecified atom stereocenters. The zero-order valence-corrected chi connectivity index (χ0v) is 33.0. The van der Waals surface area contributed by atoms with Crippen LogP contribution in [0, 0.1) is 0 Å². The van der Waals surface area contributed by atoms with Crippen molar-refractivity contribution in [3.8, 4) is 33.4 Å². The fourth-order valence-electron chi connectivity index (χ4n) is 9.61. The number of thiophene rings is 1. The molecule has 274 valence electrons. The summed E-state index contributed by atoms with van der Waals surface area (Å²) in [6.45, 7) is 4.72.